The highest BCUT2D eigenvalue weighted by molar-refractivity contribution is 5.84. The fourth-order valence-electron chi connectivity index (χ4n) is 3.62. The summed E-state index contributed by atoms with van der Waals surface area (Å²) < 4.78 is 14.0. The van der Waals surface area contributed by atoms with Crippen LogP contribution in [0.2, 0.25) is 0 Å². The molecule has 1 aliphatic rings. The van der Waals surface area contributed by atoms with E-state index in [0.29, 0.717) is 18.5 Å². The molecule has 144 valence electrons. The van der Waals surface area contributed by atoms with Crippen molar-refractivity contribution in [2.24, 2.45) is 5.92 Å². The van der Waals surface area contributed by atoms with Crippen LogP contribution in [0.15, 0.2) is 48.5 Å². The first-order chi connectivity index (χ1) is 12.8. The van der Waals surface area contributed by atoms with Gasteiger partial charge < -0.3 is 15.3 Å². The standard InChI is InChI=1S/C22H27FN2O2/c1-22(16-7-5-4-6-8-16)13-19(22)21(27)24-14-17(25(2)3)11-15-9-10-18(26)12-20(15)23/h4-10,12,17,19,26H,11,13-14H2,1-3H3,(H,24,27)/t17?,19-,22-/m0/s1. The minimum atomic E-state index is -0.424. The van der Waals surface area contributed by atoms with Gasteiger partial charge in [0.1, 0.15) is 11.6 Å². The van der Waals surface area contributed by atoms with Crippen LogP contribution in [0, 0.1) is 11.7 Å². The number of rotatable bonds is 7. The molecule has 2 N–H and O–H groups in total. The fourth-order valence-corrected chi connectivity index (χ4v) is 3.62. The molecule has 0 aliphatic heterocycles. The van der Waals surface area contributed by atoms with Crippen LogP contribution in [0.4, 0.5) is 4.39 Å². The van der Waals surface area contributed by atoms with Gasteiger partial charge in [0.05, 0.1) is 0 Å². The number of phenols is 1. The molecular weight excluding hydrogens is 343 g/mol. The van der Waals surface area contributed by atoms with Crippen molar-refractivity contribution in [1.29, 1.82) is 0 Å². The topological polar surface area (TPSA) is 52.6 Å². The molecule has 2 aromatic carbocycles. The molecular formula is C22H27FN2O2. The molecule has 1 unspecified atom stereocenters. The Balaban J connectivity index is 1.59. The lowest BCUT2D eigenvalue weighted by Crippen LogP contribution is -2.42. The molecule has 0 heterocycles. The average molecular weight is 370 g/mol. The van der Waals surface area contributed by atoms with Gasteiger partial charge in [-0.05, 0) is 44.1 Å². The summed E-state index contributed by atoms with van der Waals surface area (Å²) in [5.74, 6) is -0.473. The largest absolute Gasteiger partial charge is 0.508 e. The van der Waals surface area contributed by atoms with Gasteiger partial charge in [-0.2, -0.15) is 0 Å². The summed E-state index contributed by atoms with van der Waals surface area (Å²) in [5, 5.41) is 12.4. The number of carbonyl (C=O) groups excluding carboxylic acids is 1. The molecule has 0 saturated heterocycles. The van der Waals surface area contributed by atoms with Crippen LogP contribution in [0.5, 0.6) is 5.75 Å². The first-order valence-corrected chi connectivity index (χ1v) is 9.28. The Labute approximate surface area is 160 Å². The summed E-state index contributed by atoms with van der Waals surface area (Å²) in [5.41, 5.74) is 1.63. The third-order valence-electron chi connectivity index (χ3n) is 5.72. The van der Waals surface area contributed by atoms with E-state index in [0.717, 1.165) is 12.5 Å². The summed E-state index contributed by atoms with van der Waals surface area (Å²) in [4.78, 5) is 14.6. The molecule has 0 radical (unpaired) electrons. The minimum Gasteiger partial charge on any atom is -0.508 e. The fraction of sp³-hybridized carbons (Fsp3) is 0.409. The van der Waals surface area contributed by atoms with Crippen molar-refractivity contribution in [3.05, 3.63) is 65.5 Å². The smallest absolute Gasteiger partial charge is 0.224 e. The average Bonchev–Trinajstić information content (AvgIpc) is 3.34. The highest BCUT2D eigenvalue weighted by Gasteiger charge is 2.55. The van der Waals surface area contributed by atoms with Gasteiger partial charge in [0.25, 0.3) is 0 Å². The van der Waals surface area contributed by atoms with Crippen LogP contribution in [0.3, 0.4) is 0 Å². The Hall–Kier alpha value is -2.40. The molecule has 0 bridgehead atoms. The lowest BCUT2D eigenvalue weighted by Gasteiger charge is -2.25. The number of benzene rings is 2. The number of halogens is 1. The van der Waals surface area contributed by atoms with Crippen molar-refractivity contribution in [2.45, 2.75) is 31.2 Å². The Morgan fingerprint density at radius 1 is 1.30 bits per heavy atom. The number of aromatic hydroxyl groups is 1. The molecule has 0 aromatic heterocycles. The van der Waals surface area contributed by atoms with Crippen LogP contribution in [0.1, 0.15) is 24.5 Å². The second-order valence-corrected chi connectivity index (χ2v) is 7.88. The normalized spacial score (nSPS) is 22.5. The highest BCUT2D eigenvalue weighted by atomic mass is 19.1. The Morgan fingerprint density at radius 2 is 2.00 bits per heavy atom. The molecule has 1 saturated carbocycles. The number of amides is 1. The van der Waals surface area contributed by atoms with Gasteiger partial charge in [0.15, 0.2) is 0 Å². The van der Waals surface area contributed by atoms with E-state index in [-0.39, 0.29) is 29.0 Å². The van der Waals surface area contributed by atoms with E-state index in [2.05, 4.69) is 24.4 Å². The number of nitrogens with zero attached hydrogens (tertiary/aromatic N) is 1. The van der Waals surface area contributed by atoms with E-state index in [4.69, 9.17) is 0 Å². The number of nitrogens with one attached hydrogen (secondary N) is 1. The van der Waals surface area contributed by atoms with E-state index >= 15 is 0 Å². The van der Waals surface area contributed by atoms with Crippen LogP contribution < -0.4 is 5.32 Å². The molecule has 27 heavy (non-hydrogen) atoms. The molecule has 1 aliphatic carbocycles. The zero-order valence-electron chi connectivity index (χ0n) is 16.1. The molecule has 0 spiro atoms. The minimum absolute atomic E-state index is 0.0203. The van der Waals surface area contributed by atoms with Gasteiger partial charge in [-0.1, -0.05) is 43.3 Å². The van der Waals surface area contributed by atoms with E-state index in [1.807, 2.05) is 37.2 Å². The Morgan fingerprint density at radius 3 is 2.63 bits per heavy atom. The number of hydrogen-bond acceptors (Lipinski definition) is 3. The molecule has 2 aromatic rings. The number of likely N-dealkylation sites (N-methyl/N-ethyl adjacent to an activating group) is 1. The summed E-state index contributed by atoms with van der Waals surface area (Å²) >= 11 is 0. The van der Waals surface area contributed by atoms with E-state index in [1.54, 1.807) is 6.07 Å². The lowest BCUT2D eigenvalue weighted by atomic mass is 9.95. The number of hydrogen-bond donors (Lipinski definition) is 2. The van der Waals surface area contributed by atoms with Crippen LogP contribution in [-0.4, -0.2) is 42.6 Å². The maximum atomic E-state index is 14.0. The molecule has 1 amide bonds. The van der Waals surface area contributed by atoms with Crippen LogP contribution in [-0.2, 0) is 16.6 Å². The number of phenolic OH excluding ortho intramolecular Hbond substituents is 1. The van der Waals surface area contributed by atoms with Crippen molar-refractivity contribution >= 4 is 5.91 Å². The van der Waals surface area contributed by atoms with Gasteiger partial charge in [-0.25, -0.2) is 4.39 Å². The monoisotopic (exact) mass is 370 g/mol. The van der Waals surface area contributed by atoms with E-state index in [1.165, 1.54) is 11.6 Å². The van der Waals surface area contributed by atoms with Crippen molar-refractivity contribution < 1.29 is 14.3 Å². The lowest BCUT2D eigenvalue weighted by molar-refractivity contribution is -0.122. The second kappa shape index (κ2) is 7.69. The van der Waals surface area contributed by atoms with Crippen molar-refractivity contribution in [3.8, 4) is 5.75 Å². The zero-order valence-corrected chi connectivity index (χ0v) is 16.1. The predicted octanol–water partition coefficient (Wildman–Crippen LogP) is 3.10. The molecule has 5 heteroatoms. The van der Waals surface area contributed by atoms with Crippen molar-refractivity contribution in [1.82, 2.24) is 10.2 Å². The number of carbonyl (C=O) groups is 1. The van der Waals surface area contributed by atoms with Crippen LogP contribution in [0.25, 0.3) is 0 Å². The molecule has 1 fully saturated rings. The SMILES string of the molecule is CN(C)C(CNC(=O)[C@@H]1C[C@@]1(C)c1ccccc1)Cc1ccc(O)cc1F. The summed E-state index contributed by atoms with van der Waals surface area (Å²) in [6, 6.07) is 14.3. The predicted molar refractivity (Wildman–Crippen MR) is 104 cm³/mol. The van der Waals surface area contributed by atoms with Gasteiger partial charge >= 0.3 is 0 Å². The first kappa shape index (κ1) is 19.4. The molecule has 3 atom stereocenters. The van der Waals surface area contributed by atoms with Gasteiger partial charge in [-0.15, -0.1) is 0 Å². The highest BCUT2D eigenvalue weighted by Crippen LogP contribution is 2.53. The summed E-state index contributed by atoms with van der Waals surface area (Å²) in [6.07, 6.45) is 1.31. The first-order valence-electron chi connectivity index (χ1n) is 9.28. The summed E-state index contributed by atoms with van der Waals surface area (Å²) in [6.45, 7) is 2.58. The molecule has 4 nitrogen and oxygen atoms in total. The van der Waals surface area contributed by atoms with Gasteiger partial charge in [0, 0.05) is 30.0 Å². The maximum Gasteiger partial charge on any atom is 0.224 e. The Kier molecular flexibility index (Phi) is 5.51. The van der Waals surface area contributed by atoms with Gasteiger partial charge in [0.2, 0.25) is 5.91 Å². The molecule has 3 rings (SSSR count). The quantitative estimate of drug-likeness (QED) is 0.787. The maximum absolute atomic E-state index is 14.0. The van der Waals surface area contributed by atoms with Crippen LogP contribution >= 0.6 is 0 Å². The van der Waals surface area contributed by atoms with Crippen molar-refractivity contribution in [2.75, 3.05) is 20.6 Å². The summed E-state index contributed by atoms with van der Waals surface area (Å²) in [7, 11) is 3.83. The second-order valence-electron chi connectivity index (χ2n) is 7.88. The third kappa shape index (κ3) is 4.30. The zero-order chi connectivity index (χ0) is 19.6. The van der Waals surface area contributed by atoms with Gasteiger partial charge in [-0.3, -0.25) is 4.79 Å². The Bertz CT molecular complexity index is 809. The third-order valence-corrected chi connectivity index (χ3v) is 5.72. The van der Waals surface area contributed by atoms with E-state index < -0.39 is 5.82 Å². The van der Waals surface area contributed by atoms with Crippen molar-refractivity contribution in [3.63, 3.8) is 0 Å². The van der Waals surface area contributed by atoms with E-state index in [9.17, 15) is 14.3 Å².